The van der Waals surface area contributed by atoms with Crippen LogP contribution in [0.15, 0.2) is 47.8 Å². The summed E-state index contributed by atoms with van der Waals surface area (Å²) in [6, 6.07) is 14.9. The van der Waals surface area contributed by atoms with E-state index in [4.69, 9.17) is 11.6 Å². The maximum atomic E-state index is 6.14. The Balaban J connectivity index is 1.70. The molecule has 20 heavy (non-hydrogen) atoms. The lowest BCUT2D eigenvalue weighted by molar-refractivity contribution is 0.842. The first-order valence-corrected chi connectivity index (χ1v) is 8.05. The molecule has 0 saturated heterocycles. The fraction of sp³-hybridized carbons (Fsp3) is 0.176. The fourth-order valence-electron chi connectivity index (χ4n) is 2.95. The highest BCUT2D eigenvalue weighted by Crippen LogP contribution is 2.33. The second-order valence-electron chi connectivity index (χ2n) is 5.20. The Kier molecular flexibility index (Phi) is 2.94. The summed E-state index contributed by atoms with van der Waals surface area (Å²) in [4.78, 5) is 2.47. The largest absolute Gasteiger partial charge is 0.367 e. The summed E-state index contributed by atoms with van der Waals surface area (Å²) in [6.45, 7) is 2.08. The van der Waals surface area contributed by atoms with Crippen molar-refractivity contribution < 1.29 is 0 Å². The summed E-state index contributed by atoms with van der Waals surface area (Å²) in [5.74, 6) is 0. The number of halogens is 1. The molecule has 0 radical (unpaired) electrons. The van der Waals surface area contributed by atoms with Crippen molar-refractivity contribution in [2.45, 2.75) is 13.0 Å². The molecular formula is C17H14ClNS. The molecule has 1 aliphatic rings. The summed E-state index contributed by atoms with van der Waals surface area (Å²) in [7, 11) is 0. The van der Waals surface area contributed by atoms with Crippen LogP contribution in [0, 0.1) is 0 Å². The van der Waals surface area contributed by atoms with Crippen molar-refractivity contribution in [2.75, 3.05) is 11.4 Å². The summed E-state index contributed by atoms with van der Waals surface area (Å²) in [5.41, 5.74) is 4.23. The Morgan fingerprint density at radius 2 is 2.05 bits per heavy atom. The highest BCUT2D eigenvalue weighted by atomic mass is 35.5. The van der Waals surface area contributed by atoms with E-state index >= 15 is 0 Å². The molecule has 4 rings (SSSR count). The van der Waals surface area contributed by atoms with Gasteiger partial charge in [-0.3, -0.25) is 0 Å². The van der Waals surface area contributed by atoms with Crippen molar-refractivity contribution in [1.29, 1.82) is 0 Å². The average molecular weight is 300 g/mol. The lowest BCUT2D eigenvalue weighted by Gasteiger charge is -2.19. The standard InChI is InChI=1S/C17H14ClNS/c18-14-5-6-17-15(9-14)13(11-20-17)10-19-8-7-12-3-1-2-4-16(12)19/h1-6,9,11H,7-8,10H2. The van der Waals surface area contributed by atoms with Crippen molar-refractivity contribution in [3.05, 3.63) is 64.0 Å². The first kappa shape index (κ1) is 12.2. The van der Waals surface area contributed by atoms with Gasteiger partial charge in [0, 0.05) is 28.5 Å². The topological polar surface area (TPSA) is 3.24 Å². The van der Waals surface area contributed by atoms with Crippen LogP contribution >= 0.6 is 22.9 Å². The number of rotatable bonds is 2. The highest BCUT2D eigenvalue weighted by Gasteiger charge is 2.19. The molecule has 1 aliphatic heterocycles. The smallest absolute Gasteiger partial charge is 0.0444 e. The first-order valence-electron chi connectivity index (χ1n) is 6.80. The van der Waals surface area contributed by atoms with Crippen molar-refractivity contribution in [3.63, 3.8) is 0 Å². The molecule has 0 aliphatic carbocycles. The van der Waals surface area contributed by atoms with Crippen LogP contribution in [0.1, 0.15) is 11.1 Å². The number of benzene rings is 2. The minimum Gasteiger partial charge on any atom is -0.367 e. The first-order chi connectivity index (χ1) is 9.81. The minimum absolute atomic E-state index is 0.818. The summed E-state index contributed by atoms with van der Waals surface area (Å²) in [5, 5.41) is 4.38. The monoisotopic (exact) mass is 299 g/mol. The van der Waals surface area contributed by atoms with Crippen LogP contribution in [0.4, 0.5) is 5.69 Å². The molecule has 1 aromatic heterocycles. The van der Waals surface area contributed by atoms with Gasteiger partial charge in [0.1, 0.15) is 0 Å². The van der Waals surface area contributed by atoms with Crippen LogP contribution in [-0.2, 0) is 13.0 Å². The van der Waals surface area contributed by atoms with Crippen molar-refractivity contribution in [2.24, 2.45) is 0 Å². The van der Waals surface area contributed by atoms with E-state index in [1.54, 1.807) is 11.3 Å². The second-order valence-corrected chi connectivity index (χ2v) is 6.55. The SMILES string of the molecule is Clc1ccc2scc(CN3CCc4ccccc43)c2c1. The maximum Gasteiger partial charge on any atom is 0.0444 e. The zero-order valence-corrected chi connectivity index (χ0v) is 12.5. The van der Waals surface area contributed by atoms with Crippen LogP contribution in [0.3, 0.4) is 0 Å². The van der Waals surface area contributed by atoms with Gasteiger partial charge in [0.2, 0.25) is 0 Å². The van der Waals surface area contributed by atoms with Gasteiger partial charge in [-0.2, -0.15) is 0 Å². The number of thiophene rings is 1. The lowest BCUT2D eigenvalue weighted by Crippen LogP contribution is -2.19. The van der Waals surface area contributed by atoms with Gasteiger partial charge in [-0.15, -0.1) is 11.3 Å². The fourth-order valence-corrected chi connectivity index (χ4v) is 4.06. The Labute approximate surface area is 127 Å². The summed E-state index contributed by atoms with van der Waals surface area (Å²) >= 11 is 7.94. The molecule has 2 heterocycles. The molecule has 1 nitrogen and oxygen atoms in total. The van der Waals surface area contributed by atoms with E-state index in [1.807, 2.05) is 6.07 Å². The number of nitrogens with zero attached hydrogens (tertiary/aromatic N) is 1. The molecule has 0 fully saturated rings. The number of para-hydroxylation sites is 1. The third-order valence-corrected chi connectivity index (χ3v) is 5.21. The summed E-state index contributed by atoms with van der Waals surface area (Å²) in [6.07, 6.45) is 1.15. The van der Waals surface area contributed by atoms with E-state index in [1.165, 1.54) is 26.9 Å². The van der Waals surface area contributed by atoms with Gasteiger partial charge in [0.05, 0.1) is 0 Å². The quantitative estimate of drug-likeness (QED) is 0.635. The van der Waals surface area contributed by atoms with E-state index in [0.29, 0.717) is 0 Å². The van der Waals surface area contributed by atoms with Gasteiger partial charge in [0.25, 0.3) is 0 Å². The molecule has 100 valence electrons. The third kappa shape index (κ3) is 2.00. The molecule has 0 saturated carbocycles. The predicted octanol–water partition coefficient (Wildman–Crippen LogP) is 5.12. The van der Waals surface area contributed by atoms with Gasteiger partial charge in [-0.05, 0) is 52.6 Å². The Hall–Kier alpha value is -1.51. The lowest BCUT2D eigenvalue weighted by atomic mass is 10.1. The predicted molar refractivity (Wildman–Crippen MR) is 88.0 cm³/mol. The molecule has 0 spiro atoms. The molecule has 0 bridgehead atoms. The average Bonchev–Trinajstić information content (AvgIpc) is 3.05. The van der Waals surface area contributed by atoms with Gasteiger partial charge >= 0.3 is 0 Å². The Bertz CT molecular complexity index is 778. The van der Waals surface area contributed by atoms with Crippen molar-refractivity contribution >= 4 is 38.7 Å². The van der Waals surface area contributed by atoms with Crippen LogP contribution in [0.25, 0.3) is 10.1 Å². The van der Waals surface area contributed by atoms with Crippen LogP contribution in [0.5, 0.6) is 0 Å². The van der Waals surface area contributed by atoms with Gasteiger partial charge in [0.15, 0.2) is 0 Å². The van der Waals surface area contributed by atoms with Crippen molar-refractivity contribution in [1.82, 2.24) is 0 Å². The Morgan fingerprint density at radius 1 is 1.15 bits per heavy atom. The molecule has 0 N–H and O–H groups in total. The van der Waals surface area contributed by atoms with E-state index in [2.05, 4.69) is 46.7 Å². The maximum absolute atomic E-state index is 6.14. The molecule has 0 atom stereocenters. The number of anilines is 1. The number of hydrogen-bond acceptors (Lipinski definition) is 2. The van der Waals surface area contributed by atoms with Gasteiger partial charge in [-0.1, -0.05) is 29.8 Å². The number of fused-ring (bicyclic) bond motifs is 2. The normalized spacial score (nSPS) is 13.9. The van der Waals surface area contributed by atoms with E-state index in [0.717, 1.165) is 24.5 Å². The van der Waals surface area contributed by atoms with Gasteiger partial charge < -0.3 is 4.90 Å². The molecule has 3 aromatic rings. The zero-order valence-electron chi connectivity index (χ0n) is 11.0. The van der Waals surface area contributed by atoms with E-state index in [-0.39, 0.29) is 0 Å². The molecule has 3 heteroatoms. The molecule has 2 aromatic carbocycles. The number of hydrogen-bond donors (Lipinski definition) is 0. The third-order valence-electron chi connectivity index (χ3n) is 3.96. The molecule has 0 amide bonds. The van der Waals surface area contributed by atoms with E-state index in [9.17, 15) is 0 Å². The molecular weight excluding hydrogens is 286 g/mol. The highest BCUT2D eigenvalue weighted by molar-refractivity contribution is 7.17. The minimum atomic E-state index is 0.818. The van der Waals surface area contributed by atoms with E-state index < -0.39 is 0 Å². The molecule has 0 unspecified atom stereocenters. The zero-order chi connectivity index (χ0) is 13.5. The van der Waals surface area contributed by atoms with Crippen LogP contribution in [0.2, 0.25) is 5.02 Å². The second kappa shape index (κ2) is 4.80. The summed E-state index contributed by atoms with van der Waals surface area (Å²) < 4.78 is 1.32. The van der Waals surface area contributed by atoms with Gasteiger partial charge in [-0.25, -0.2) is 0 Å². The van der Waals surface area contributed by atoms with Crippen molar-refractivity contribution in [3.8, 4) is 0 Å². The van der Waals surface area contributed by atoms with Crippen LogP contribution < -0.4 is 4.90 Å². The van der Waals surface area contributed by atoms with Crippen LogP contribution in [-0.4, -0.2) is 6.54 Å². The Morgan fingerprint density at radius 3 is 3.00 bits per heavy atom.